The second kappa shape index (κ2) is 9.69. The van der Waals surface area contributed by atoms with Gasteiger partial charge in [-0.2, -0.15) is 12.8 Å². The smallest absolute Gasteiger partial charge is 0.0316 e. The summed E-state index contributed by atoms with van der Waals surface area (Å²) in [7, 11) is 0. The average molecular weight is 405 g/mol. The molecule has 0 saturated heterocycles. The van der Waals surface area contributed by atoms with Gasteiger partial charge in [0.15, 0.2) is 0 Å². The predicted octanol–water partition coefficient (Wildman–Crippen LogP) is 4.54. The first-order valence-electron chi connectivity index (χ1n) is 6.53. The SMILES string of the molecule is CC.Nc1cccc(C2CC[CH-]CCC2)c1.[Re]. The molecule has 0 amide bonds. The molecule has 1 atom stereocenters. The Morgan fingerprint density at radius 2 is 1.94 bits per heavy atom. The molecule has 2 heteroatoms. The summed E-state index contributed by atoms with van der Waals surface area (Å²) in [5.74, 6) is 0.734. The van der Waals surface area contributed by atoms with Crippen molar-refractivity contribution in [1.82, 2.24) is 0 Å². The van der Waals surface area contributed by atoms with Crippen molar-refractivity contribution >= 4 is 5.69 Å². The molecule has 1 fully saturated rings. The van der Waals surface area contributed by atoms with Crippen molar-refractivity contribution in [3.05, 3.63) is 36.2 Å². The first-order chi connectivity index (χ1) is 7.86. The van der Waals surface area contributed by atoms with Crippen molar-refractivity contribution in [3.63, 3.8) is 0 Å². The summed E-state index contributed by atoms with van der Waals surface area (Å²) in [5.41, 5.74) is 8.13. The van der Waals surface area contributed by atoms with Gasteiger partial charge in [-0.15, -0.1) is 0 Å². The van der Waals surface area contributed by atoms with Gasteiger partial charge >= 0.3 is 0 Å². The van der Waals surface area contributed by atoms with Crippen LogP contribution in [0.25, 0.3) is 0 Å². The van der Waals surface area contributed by atoms with Crippen molar-refractivity contribution in [2.24, 2.45) is 0 Å². The minimum Gasteiger partial charge on any atom is -0.399 e. The number of nitrogen functional groups attached to an aromatic ring is 1. The van der Waals surface area contributed by atoms with Crippen molar-refractivity contribution in [2.45, 2.75) is 51.9 Å². The van der Waals surface area contributed by atoms with E-state index in [1.165, 1.54) is 37.7 Å². The third-order valence-electron chi connectivity index (χ3n) is 3.06. The summed E-state index contributed by atoms with van der Waals surface area (Å²) in [4.78, 5) is 0. The van der Waals surface area contributed by atoms with Crippen LogP contribution < -0.4 is 5.73 Å². The number of anilines is 1. The average Bonchev–Trinajstić information content (AvgIpc) is 2.60. The zero-order chi connectivity index (χ0) is 11.8. The van der Waals surface area contributed by atoms with E-state index in [0.29, 0.717) is 0 Å². The van der Waals surface area contributed by atoms with Crippen LogP contribution in [0.2, 0.25) is 0 Å². The summed E-state index contributed by atoms with van der Waals surface area (Å²) in [6.07, 6.45) is 8.92. The Bertz CT molecular complexity index is 291. The van der Waals surface area contributed by atoms with Crippen LogP contribution in [0.4, 0.5) is 5.69 Å². The molecule has 17 heavy (non-hydrogen) atoms. The monoisotopic (exact) mass is 405 g/mol. The van der Waals surface area contributed by atoms with Gasteiger partial charge < -0.3 is 12.2 Å². The Hall–Kier alpha value is -0.318. The maximum Gasteiger partial charge on any atom is 0.0316 e. The van der Waals surface area contributed by atoms with E-state index in [0.717, 1.165) is 11.6 Å². The Balaban J connectivity index is 0.000000811. The molecule has 1 nitrogen and oxygen atoms in total. The Morgan fingerprint density at radius 1 is 1.18 bits per heavy atom. The summed E-state index contributed by atoms with van der Waals surface area (Å²) < 4.78 is 0. The standard InChI is InChI=1S/C13H18N.C2H6.Re/c14-13-9-5-8-12(10-13)11-6-3-1-2-4-7-11;1-2;/h1,5,8-11H,2-4,6-7,14H2;1-2H3;/q-1;;. The molecule has 97 valence electrons. The molecule has 1 unspecified atom stereocenters. The Morgan fingerprint density at radius 3 is 2.65 bits per heavy atom. The number of nitrogens with two attached hydrogens (primary N) is 1. The van der Waals surface area contributed by atoms with Crippen LogP contribution in [0.1, 0.15) is 57.4 Å². The van der Waals surface area contributed by atoms with Gasteiger partial charge in [0.05, 0.1) is 0 Å². The quantitative estimate of drug-likeness (QED) is 0.415. The van der Waals surface area contributed by atoms with E-state index in [-0.39, 0.29) is 20.4 Å². The van der Waals surface area contributed by atoms with E-state index < -0.39 is 0 Å². The van der Waals surface area contributed by atoms with Gasteiger partial charge in [-0.25, -0.2) is 0 Å². The van der Waals surface area contributed by atoms with Gasteiger partial charge in [-0.3, -0.25) is 0 Å². The zero-order valence-electron chi connectivity index (χ0n) is 11.0. The fraction of sp³-hybridized carbons (Fsp3) is 0.533. The van der Waals surface area contributed by atoms with Gasteiger partial charge in [0.25, 0.3) is 0 Å². The predicted molar refractivity (Wildman–Crippen MR) is 72.3 cm³/mol. The molecule has 1 aliphatic carbocycles. The number of hydrogen-bond acceptors (Lipinski definition) is 1. The molecule has 1 aromatic carbocycles. The van der Waals surface area contributed by atoms with E-state index in [1.807, 2.05) is 19.9 Å². The maximum absolute atomic E-state index is 5.80. The molecule has 1 radical (unpaired) electrons. The largest absolute Gasteiger partial charge is 0.399 e. The molecule has 1 saturated carbocycles. The van der Waals surface area contributed by atoms with Crippen molar-refractivity contribution in [3.8, 4) is 0 Å². The molecule has 1 aromatic rings. The first kappa shape index (κ1) is 16.7. The third kappa shape index (κ3) is 5.71. The molecule has 2 rings (SSSR count). The van der Waals surface area contributed by atoms with Gasteiger partial charge in [-0.1, -0.05) is 38.8 Å². The molecule has 0 spiro atoms. The van der Waals surface area contributed by atoms with Crippen LogP contribution in [0, 0.1) is 6.42 Å². The van der Waals surface area contributed by atoms with Crippen LogP contribution in [-0.2, 0) is 20.4 Å². The number of rotatable bonds is 1. The second-order valence-electron chi connectivity index (χ2n) is 4.16. The van der Waals surface area contributed by atoms with Crippen LogP contribution in [0.5, 0.6) is 0 Å². The molecular formula is C15H24NRe-. The normalized spacial score (nSPS) is 19.3. The minimum absolute atomic E-state index is 0. The third-order valence-corrected chi connectivity index (χ3v) is 3.06. The van der Waals surface area contributed by atoms with Gasteiger partial charge in [-0.05, 0) is 30.0 Å². The summed E-state index contributed by atoms with van der Waals surface area (Å²) in [6, 6.07) is 8.38. The van der Waals surface area contributed by atoms with Gasteiger partial charge in [0, 0.05) is 26.1 Å². The molecule has 2 N–H and O–H groups in total. The molecule has 1 aliphatic rings. The summed E-state index contributed by atoms with van der Waals surface area (Å²) in [5, 5.41) is 0. The molecule has 0 heterocycles. The van der Waals surface area contributed by atoms with Crippen LogP contribution >= 0.6 is 0 Å². The second-order valence-corrected chi connectivity index (χ2v) is 4.16. The maximum atomic E-state index is 5.80. The first-order valence-corrected chi connectivity index (χ1v) is 6.53. The fourth-order valence-corrected chi connectivity index (χ4v) is 2.26. The summed E-state index contributed by atoms with van der Waals surface area (Å²) in [6.45, 7) is 4.00. The fourth-order valence-electron chi connectivity index (χ4n) is 2.26. The van der Waals surface area contributed by atoms with E-state index >= 15 is 0 Å². The van der Waals surface area contributed by atoms with E-state index in [4.69, 9.17) is 5.73 Å². The van der Waals surface area contributed by atoms with Crippen molar-refractivity contribution in [1.29, 1.82) is 0 Å². The zero-order valence-corrected chi connectivity index (χ0v) is 13.7. The van der Waals surface area contributed by atoms with E-state index in [2.05, 4.69) is 24.6 Å². The van der Waals surface area contributed by atoms with Gasteiger partial charge in [0.2, 0.25) is 0 Å². The molecule has 0 aromatic heterocycles. The molecular weight excluding hydrogens is 380 g/mol. The minimum atomic E-state index is 0. The van der Waals surface area contributed by atoms with Crippen molar-refractivity contribution in [2.75, 3.05) is 5.73 Å². The number of hydrogen-bond donors (Lipinski definition) is 1. The molecule has 0 bridgehead atoms. The van der Waals surface area contributed by atoms with Crippen LogP contribution in [-0.4, -0.2) is 0 Å². The van der Waals surface area contributed by atoms with Crippen LogP contribution in [0.15, 0.2) is 24.3 Å². The van der Waals surface area contributed by atoms with Gasteiger partial charge in [0.1, 0.15) is 0 Å². The van der Waals surface area contributed by atoms with E-state index in [9.17, 15) is 0 Å². The summed E-state index contributed by atoms with van der Waals surface area (Å²) >= 11 is 0. The number of benzene rings is 1. The Kier molecular flexibility index (Phi) is 9.50. The van der Waals surface area contributed by atoms with Crippen molar-refractivity contribution < 1.29 is 20.4 Å². The van der Waals surface area contributed by atoms with E-state index in [1.54, 1.807) is 0 Å². The van der Waals surface area contributed by atoms with Crippen LogP contribution in [0.3, 0.4) is 0 Å². The Labute approximate surface area is 120 Å². The molecule has 0 aliphatic heterocycles. The topological polar surface area (TPSA) is 26.0 Å².